The van der Waals surface area contributed by atoms with Crippen LogP contribution in [0.25, 0.3) is 0 Å². The molecule has 25 heavy (non-hydrogen) atoms. The summed E-state index contributed by atoms with van der Waals surface area (Å²) in [4.78, 5) is 45.6. The number of amides is 2. The van der Waals surface area contributed by atoms with E-state index in [0.29, 0.717) is 6.42 Å². The zero-order chi connectivity index (χ0) is 18.7. The molecular formula is C17H22N2O6. The van der Waals surface area contributed by atoms with Crippen molar-refractivity contribution in [3.8, 4) is 0 Å². The third-order valence-electron chi connectivity index (χ3n) is 3.35. The van der Waals surface area contributed by atoms with Gasteiger partial charge in [0.25, 0.3) is 0 Å². The van der Waals surface area contributed by atoms with Crippen molar-refractivity contribution in [3.63, 3.8) is 0 Å². The summed E-state index contributed by atoms with van der Waals surface area (Å²) in [5, 5.41) is 13.6. The van der Waals surface area contributed by atoms with E-state index in [-0.39, 0.29) is 25.2 Å². The van der Waals surface area contributed by atoms with Crippen LogP contribution in [0.2, 0.25) is 0 Å². The molecule has 0 saturated carbocycles. The van der Waals surface area contributed by atoms with Crippen LogP contribution in [0.15, 0.2) is 30.3 Å². The minimum absolute atomic E-state index is 0.00615. The van der Waals surface area contributed by atoms with Crippen LogP contribution in [-0.2, 0) is 25.7 Å². The number of benzene rings is 1. The number of carbonyl (C=O) groups is 4. The van der Waals surface area contributed by atoms with Crippen LogP contribution in [0, 0.1) is 0 Å². The minimum Gasteiger partial charge on any atom is -0.480 e. The van der Waals surface area contributed by atoms with E-state index in [9.17, 15) is 19.2 Å². The molecule has 0 heterocycles. The van der Waals surface area contributed by atoms with Crippen molar-refractivity contribution in [2.45, 2.75) is 38.8 Å². The van der Waals surface area contributed by atoms with Gasteiger partial charge in [-0.1, -0.05) is 37.3 Å². The highest BCUT2D eigenvalue weighted by atomic mass is 16.5. The van der Waals surface area contributed by atoms with Crippen LogP contribution in [0.5, 0.6) is 0 Å². The molecule has 1 rings (SSSR count). The first-order valence-corrected chi connectivity index (χ1v) is 7.90. The zero-order valence-electron chi connectivity index (χ0n) is 14.0. The molecule has 2 amide bonds. The van der Waals surface area contributed by atoms with E-state index in [4.69, 9.17) is 9.84 Å². The Morgan fingerprint density at radius 2 is 1.84 bits per heavy atom. The fourth-order valence-electron chi connectivity index (χ4n) is 1.91. The van der Waals surface area contributed by atoms with Gasteiger partial charge in [0.2, 0.25) is 5.91 Å². The highest BCUT2D eigenvalue weighted by Gasteiger charge is 2.20. The normalized spacial score (nSPS) is 11.2. The number of nitrogens with one attached hydrogen (secondary N) is 2. The lowest BCUT2D eigenvalue weighted by molar-refractivity contribution is -0.142. The number of rotatable bonds is 10. The maximum atomic E-state index is 11.7. The number of ether oxygens (including phenoxy) is 1. The Kier molecular flexibility index (Phi) is 8.70. The van der Waals surface area contributed by atoms with E-state index in [1.807, 2.05) is 6.07 Å². The van der Waals surface area contributed by atoms with Gasteiger partial charge in [0, 0.05) is 12.8 Å². The Morgan fingerprint density at radius 3 is 2.44 bits per heavy atom. The SMILES string of the molecule is CCC(=O)CC[C@@H](NC(=O)CNC(=O)OCc1ccccc1)C(=O)O. The number of carbonyl (C=O) groups excluding carboxylic acids is 3. The molecule has 0 unspecified atom stereocenters. The number of carboxylic acid groups (broad SMARTS) is 1. The zero-order valence-corrected chi connectivity index (χ0v) is 14.0. The Labute approximate surface area is 145 Å². The smallest absolute Gasteiger partial charge is 0.407 e. The standard InChI is InChI=1S/C17H22N2O6/c1-2-13(20)8-9-14(16(22)23)19-15(21)10-18-17(24)25-11-12-6-4-3-5-7-12/h3-7,14H,2,8-11H2,1H3,(H,18,24)(H,19,21)(H,22,23)/t14-/m1/s1. The van der Waals surface area contributed by atoms with Crippen LogP contribution >= 0.6 is 0 Å². The molecule has 0 aliphatic carbocycles. The van der Waals surface area contributed by atoms with Crippen molar-refractivity contribution in [3.05, 3.63) is 35.9 Å². The maximum absolute atomic E-state index is 11.7. The van der Waals surface area contributed by atoms with Crippen LogP contribution in [-0.4, -0.2) is 41.4 Å². The van der Waals surface area contributed by atoms with Gasteiger partial charge < -0.3 is 20.5 Å². The van der Waals surface area contributed by atoms with Crippen LogP contribution in [0.3, 0.4) is 0 Å². The average Bonchev–Trinajstić information content (AvgIpc) is 2.61. The summed E-state index contributed by atoms with van der Waals surface area (Å²) in [5.74, 6) is -1.99. The van der Waals surface area contributed by atoms with Gasteiger partial charge in [0.15, 0.2) is 0 Å². The molecule has 136 valence electrons. The second-order valence-corrected chi connectivity index (χ2v) is 5.30. The first-order chi connectivity index (χ1) is 11.9. The number of Topliss-reactive ketones (excluding diaryl/α,β-unsaturated/α-hetero) is 1. The summed E-state index contributed by atoms with van der Waals surface area (Å²) >= 11 is 0. The summed E-state index contributed by atoms with van der Waals surface area (Å²) in [6.45, 7) is 1.33. The van der Waals surface area contributed by atoms with Gasteiger partial charge in [-0.25, -0.2) is 9.59 Å². The van der Waals surface area contributed by atoms with Crippen LogP contribution in [0.4, 0.5) is 4.79 Å². The number of hydrogen-bond acceptors (Lipinski definition) is 5. The Balaban J connectivity index is 2.32. The maximum Gasteiger partial charge on any atom is 0.407 e. The second kappa shape index (κ2) is 10.8. The molecule has 0 bridgehead atoms. The molecule has 8 nitrogen and oxygen atoms in total. The van der Waals surface area contributed by atoms with Crippen molar-refractivity contribution in [2.75, 3.05) is 6.54 Å². The van der Waals surface area contributed by atoms with Gasteiger partial charge >= 0.3 is 12.1 Å². The Hall–Kier alpha value is -2.90. The first kappa shape index (κ1) is 20.1. The molecule has 1 aromatic carbocycles. The average molecular weight is 350 g/mol. The van der Waals surface area contributed by atoms with Crippen LogP contribution < -0.4 is 10.6 Å². The highest BCUT2D eigenvalue weighted by molar-refractivity contribution is 5.87. The van der Waals surface area contributed by atoms with Gasteiger partial charge in [-0.2, -0.15) is 0 Å². The van der Waals surface area contributed by atoms with E-state index in [0.717, 1.165) is 5.56 Å². The predicted molar refractivity (Wildman–Crippen MR) is 88.7 cm³/mol. The second-order valence-electron chi connectivity index (χ2n) is 5.30. The summed E-state index contributed by atoms with van der Waals surface area (Å²) in [5.41, 5.74) is 0.800. The Morgan fingerprint density at radius 1 is 1.16 bits per heavy atom. The molecule has 0 aliphatic heterocycles. The molecule has 1 aromatic rings. The number of ketones is 1. The molecule has 8 heteroatoms. The van der Waals surface area contributed by atoms with Crippen molar-refractivity contribution >= 4 is 23.8 Å². The molecule has 1 atom stereocenters. The summed E-state index contributed by atoms with van der Waals surface area (Å²) < 4.78 is 4.93. The lowest BCUT2D eigenvalue weighted by Crippen LogP contribution is -2.45. The fraction of sp³-hybridized carbons (Fsp3) is 0.412. The number of aliphatic carboxylic acids is 1. The highest BCUT2D eigenvalue weighted by Crippen LogP contribution is 2.02. The summed E-state index contributed by atoms with van der Waals surface area (Å²) in [7, 11) is 0. The molecule has 0 aliphatic rings. The number of hydrogen-bond donors (Lipinski definition) is 3. The topological polar surface area (TPSA) is 122 Å². The monoisotopic (exact) mass is 350 g/mol. The third kappa shape index (κ3) is 8.50. The third-order valence-corrected chi connectivity index (χ3v) is 3.35. The van der Waals surface area contributed by atoms with E-state index in [1.54, 1.807) is 31.2 Å². The van der Waals surface area contributed by atoms with Crippen molar-refractivity contribution < 1.29 is 29.0 Å². The largest absolute Gasteiger partial charge is 0.480 e. The van der Waals surface area contributed by atoms with E-state index < -0.39 is 30.6 Å². The van der Waals surface area contributed by atoms with Gasteiger partial charge in [0.1, 0.15) is 25.0 Å². The quantitative estimate of drug-likeness (QED) is 0.584. The van der Waals surface area contributed by atoms with Crippen molar-refractivity contribution in [2.24, 2.45) is 0 Å². The molecule has 0 fully saturated rings. The van der Waals surface area contributed by atoms with Gasteiger partial charge in [-0.15, -0.1) is 0 Å². The Bertz CT molecular complexity index is 602. The lowest BCUT2D eigenvalue weighted by Gasteiger charge is -2.14. The number of alkyl carbamates (subject to hydrolysis) is 1. The van der Waals surface area contributed by atoms with Crippen LogP contribution in [0.1, 0.15) is 31.7 Å². The predicted octanol–water partition coefficient (Wildman–Crippen LogP) is 1.24. The molecule has 3 N–H and O–H groups in total. The summed E-state index contributed by atoms with van der Waals surface area (Å²) in [6.07, 6.45) is -0.395. The number of carboxylic acids is 1. The summed E-state index contributed by atoms with van der Waals surface area (Å²) in [6, 6.07) is 7.84. The minimum atomic E-state index is -1.23. The lowest BCUT2D eigenvalue weighted by atomic mass is 10.1. The van der Waals surface area contributed by atoms with E-state index >= 15 is 0 Å². The van der Waals surface area contributed by atoms with Gasteiger partial charge in [0.05, 0.1) is 0 Å². The van der Waals surface area contributed by atoms with E-state index in [1.165, 1.54) is 0 Å². The molecule has 0 spiro atoms. The molecule has 0 aromatic heterocycles. The van der Waals surface area contributed by atoms with Gasteiger partial charge in [-0.05, 0) is 12.0 Å². The van der Waals surface area contributed by atoms with Gasteiger partial charge in [-0.3, -0.25) is 9.59 Å². The van der Waals surface area contributed by atoms with E-state index in [2.05, 4.69) is 10.6 Å². The van der Waals surface area contributed by atoms with Crippen molar-refractivity contribution in [1.29, 1.82) is 0 Å². The first-order valence-electron chi connectivity index (χ1n) is 7.90. The fourth-order valence-corrected chi connectivity index (χ4v) is 1.91. The molecule has 0 radical (unpaired) electrons. The van der Waals surface area contributed by atoms with Crippen molar-refractivity contribution in [1.82, 2.24) is 10.6 Å². The molecule has 0 saturated heterocycles. The molecular weight excluding hydrogens is 328 g/mol.